The van der Waals surface area contributed by atoms with E-state index in [4.69, 9.17) is 0 Å². The van der Waals surface area contributed by atoms with Gasteiger partial charge in [-0.3, -0.25) is 14.3 Å². The molecule has 0 bridgehead atoms. The van der Waals surface area contributed by atoms with Gasteiger partial charge in [0.05, 0.1) is 6.20 Å². The van der Waals surface area contributed by atoms with E-state index in [-0.39, 0.29) is 18.0 Å². The summed E-state index contributed by atoms with van der Waals surface area (Å²) in [6.07, 6.45) is 6.85. The third-order valence-corrected chi connectivity index (χ3v) is 5.84. The van der Waals surface area contributed by atoms with Crippen LogP contribution in [-0.4, -0.2) is 25.2 Å². The van der Waals surface area contributed by atoms with Gasteiger partial charge in [-0.25, -0.2) is 0 Å². The minimum Gasteiger partial charge on any atom is -0.348 e. The predicted molar refractivity (Wildman–Crippen MR) is 127 cm³/mol. The molecule has 7 nitrogen and oxygen atoms in total. The molecule has 7 heteroatoms. The minimum atomic E-state index is -0.197. The molecule has 1 amide bonds. The van der Waals surface area contributed by atoms with Crippen molar-refractivity contribution in [3.8, 4) is 11.1 Å². The highest BCUT2D eigenvalue weighted by Crippen LogP contribution is 2.31. The third kappa shape index (κ3) is 3.98. The van der Waals surface area contributed by atoms with Crippen LogP contribution in [0.4, 0.5) is 0 Å². The molecule has 0 saturated heterocycles. The van der Waals surface area contributed by atoms with E-state index in [1.165, 1.54) is 0 Å². The molecule has 0 aliphatic rings. The second kappa shape index (κ2) is 8.49. The number of hydrogen-bond donors (Lipinski definition) is 2. The number of aromatic amines is 1. The molecule has 2 N–H and O–H groups in total. The lowest BCUT2D eigenvalue weighted by molar-refractivity contribution is 0.0952. The molecule has 3 heterocycles. The first kappa shape index (κ1) is 21.6. The summed E-state index contributed by atoms with van der Waals surface area (Å²) in [5.41, 5.74) is 6.67. The van der Waals surface area contributed by atoms with Gasteiger partial charge in [-0.2, -0.15) is 5.10 Å². The number of pyridine rings is 1. The van der Waals surface area contributed by atoms with Crippen molar-refractivity contribution >= 4 is 16.8 Å². The maximum absolute atomic E-state index is 13.4. The number of benzene rings is 1. The van der Waals surface area contributed by atoms with Gasteiger partial charge in [-0.1, -0.05) is 6.92 Å². The molecule has 4 rings (SSSR count). The molecule has 0 atom stereocenters. The molecule has 0 spiro atoms. The molecule has 4 aromatic rings. The van der Waals surface area contributed by atoms with Crippen molar-refractivity contribution in [1.82, 2.24) is 24.6 Å². The number of nitrogens with zero attached hydrogens (tertiary/aromatic N) is 3. The number of hydrogen-bond acceptors (Lipinski definition) is 3. The lowest BCUT2D eigenvalue weighted by Gasteiger charge is -2.12. The average molecular weight is 432 g/mol. The molecular weight excluding hydrogens is 402 g/mol. The zero-order chi connectivity index (χ0) is 23.0. The first-order chi connectivity index (χ1) is 15.3. The number of aromatic nitrogens is 4. The number of amides is 1. The number of carbonyl (C=O) groups is 1. The second-order valence-electron chi connectivity index (χ2n) is 8.45. The molecule has 0 aliphatic heterocycles. The van der Waals surface area contributed by atoms with Crippen molar-refractivity contribution in [2.45, 2.75) is 47.2 Å². The summed E-state index contributed by atoms with van der Waals surface area (Å²) in [4.78, 5) is 28.6. The van der Waals surface area contributed by atoms with E-state index in [1.54, 1.807) is 10.9 Å². The summed E-state index contributed by atoms with van der Waals surface area (Å²) in [6.45, 7) is 8.96. The number of H-pyrrole nitrogens is 1. The van der Waals surface area contributed by atoms with E-state index in [0.717, 1.165) is 51.8 Å². The smallest absolute Gasteiger partial charge is 0.253 e. The van der Waals surface area contributed by atoms with Gasteiger partial charge in [0.15, 0.2) is 0 Å². The van der Waals surface area contributed by atoms with Gasteiger partial charge < -0.3 is 14.9 Å². The van der Waals surface area contributed by atoms with Crippen LogP contribution in [-0.2, 0) is 20.1 Å². The van der Waals surface area contributed by atoms with Crippen LogP contribution in [0.15, 0.2) is 41.6 Å². The Morgan fingerprint density at radius 2 is 1.88 bits per heavy atom. The fourth-order valence-electron chi connectivity index (χ4n) is 4.34. The molecule has 1 aromatic carbocycles. The van der Waals surface area contributed by atoms with Crippen LogP contribution in [0.3, 0.4) is 0 Å². The maximum atomic E-state index is 13.4. The van der Waals surface area contributed by atoms with Crippen molar-refractivity contribution in [2.75, 3.05) is 0 Å². The number of rotatable bonds is 6. The number of aryl methyl sites for hydroxylation is 5. The third-order valence-electron chi connectivity index (χ3n) is 5.84. The Labute approximate surface area is 187 Å². The quantitative estimate of drug-likeness (QED) is 0.484. The van der Waals surface area contributed by atoms with Crippen LogP contribution >= 0.6 is 0 Å². The summed E-state index contributed by atoms with van der Waals surface area (Å²) >= 11 is 0. The van der Waals surface area contributed by atoms with Crippen molar-refractivity contribution in [3.05, 3.63) is 75.1 Å². The van der Waals surface area contributed by atoms with Gasteiger partial charge in [0, 0.05) is 65.8 Å². The first-order valence-electron chi connectivity index (χ1n) is 10.9. The molecule has 32 heavy (non-hydrogen) atoms. The number of fused-ring (bicyclic) bond motifs is 1. The zero-order valence-electron chi connectivity index (χ0n) is 19.2. The highest BCUT2D eigenvalue weighted by atomic mass is 16.1. The lowest BCUT2D eigenvalue weighted by atomic mass is 9.99. The van der Waals surface area contributed by atoms with Gasteiger partial charge >= 0.3 is 0 Å². The molecule has 166 valence electrons. The van der Waals surface area contributed by atoms with Crippen molar-refractivity contribution in [1.29, 1.82) is 0 Å². The summed E-state index contributed by atoms with van der Waals surface area (Å²) in [7, 11) is 1.88. The summed E-state index contributed by atoms with van der Waals surface area (Å²) in [5.74, 6) is -0.197. The Bertz CT molecular complexity index is 1370. The summed E-state index contributed by atoms with van der Waals surface area (Å²) in [5, 5.41) is 8.20. The number of nitrogens with one attached hydrogen (secondary N) is 2. The summed E-state index contributed by atoms with van der Waals surface area (Å²) in [6, 6.07) is 5.96. The van der Waals surface area contributed by atoms with E-state index in [2.05, 4.69) is 39.2 Å². The van der Waals surface area contributed by atoms with E-state index in [1.807, 2.05) is 46.1 Å². The molecule has 0 unspecified atom stereocenters. The number of carbonyl (C=O) groups excluding carboxylic acids is 1. The highest BCUT2D eigenvalue weighted by Gasteiger charge is 2.19. The fraction of sp³-hybridized carbons (Fsp3) is 0.320. The van der Waals surface area contributed by atoms with Gasteiger partial charge in [-0.05, 0) is 62.1 Å². The van der Waals surface area contributed by atoms with E-state index in [0.29, 0.717) is 11.1 Å². The Kier molecular flexibility index (Phi) is 5.74. The van der Waals surface area contributed by atoms with Crippen LogP contribution in [0.1, 0.15) is 46.1 Å². The Morgan fingerprint density at radius 3 is 2.53 bits per heavy atom. The van der Waals surface area contributed by atoms with Gasteiger partial charge in [0.1, 0.15) is 0 Å². The van der Waals surface area contributed by atoms with Crippen molar-refractivity contribution in [3.63, 3.8) is 0 Å². The second-order valence-corrected chi connectivity index (χ2v) is 8.45. The van der Waals surface area contributed by atoms with Gasteiger partial charge in [0.2, 0.25) is 0 Å². The van der Waals surface area contributed by atoms with Gasteiger partial charge in [-0.15, -0.1) is 0 Å². The summed E-state index contributed by atoms with van der Waals surface area (Å²) < 4.78 is 3.96. The lowest BCUT2D eigenvalue weighted by Crippen LogP contribution is -2.28. The largest absolute Gasteiger partial charge is 0.348 e. The van der Waals surface area contributed by atoms with E-state index in [9.17, 15) is 9.59 Å². The minimum absolute atomic E-state index is 0.165. The zero-order valence-corrected chi connectivity index (χ0v) is 19.2. The van der Waals surface area contributed by atoms with Crippen LogP contribution in [0, 0.1) is 20.8 Å². The van der Waals surface area contributed by atoms with Crippen molar-refractivity contribution in [2.24, 2.45) is 7.05 Å². The monoisotopic (exact) mass is 431 g/mol. The van der Waals surface area contributed by atoms with Crippen LogP contribution in [0.2, 0.25) is 0 Å². The SMILES string of the molecule is CCCn1cc(C)c2c(C(=O)NCc3c(C)cc(C)[nH]c3=O)cc(-c3cnn(C)c3)cc21. The predicted octanol–water partition coefficient (Wildman–Crippen LogP) is 4.00. The van der Waals surface area contributed by atoms with Crippen LogP contribution in [0.25, 0.3) is 22.0 Å². The molecule has 3 aromatic heterocycles. The van der Waals surface area contributed by atoms with E-state index < -0.39 is 0 Å². The fourth-order valence-corrected chi connectivity index (χ4v) is 4.34. The molecular formula is C25H29N5O2. The van der Waals surface area contributed by atoms with Crippen LogP contribution < -0.4 is 10.9 Å². The normalized spacial score (nSPS) is 11.3. The maximum Gasteiger partial charge on any atom is 0.253 e. The van der Waals surface area contributed by atoms with Crippen molar-refractivity contribution < 1.29 is 4.79 Å². The molecule has 0 aliphatic carbocycles. The molecule has 0 radical (unpaired) electrons. The van der Waals surface area contributed by atoms with Gasteiger partial charge in [0.25, 0.3) is 11.5 Å². The molecule has 0 saturated carbocycles. The Hall–Kier alpha value is -3.61. The Morgan fingerprint density at radius 1 is 1.09 bits per heavy atom. The highest BCUT2D eigenvalue weighted by molar-refractivity contribution is 6.09. The average Bonchev–Trinajstić information content (AvgIpc) is 3.30. The molecule has 0 fully saturated rings. The Balaban J connectivity index is 1.78. The topological polar surface area (TPSA) is 84.7 Å². The van der Waals surface area contributed by atoms with E-state index >= 15 is 0 Å². The standard InChI is InChI=1S/C25H29N5O2/c1-6-7-30-13-16(3)23-20(9-18(10-22(23)30)19-11-27-29(5)14-19)24(31)26-12-21-15(2)8-17(4)28-25(21)32/h8-11,13-14H,6-7,12H2,1-5H3,(H,26,31)(H,28,32). The van der Waals surface area contributed by atoms with Crippen LogP contribution in [0.5, 0.6) is 0 Å². The first-order valence-corrected chi connectivity index (χ1v) is 10.9.